The lowest BCUT2D eigenvalue weighted by Crippen LogP contribution is -2.48. The zero-order valence-corrected chi connectivity index (χ0v) is 14.8. The number of likely N-dealkylation sites (N-methyl/N-ethyl adjacent to an activating group) is 1. The summed E-state index contributed by atoms with van der Waals surface area (Å²) < 4.78 is 6.91. The zero-order chi connectivity index (χ0) is 17.3. The molecule has 1 aliphatic rings. The summed E-state index contributed by atoms with van der Waals surface area (Å²) in [5.41, 5.74) is 1.79. The number of nitrogens with zero attached hydrogens (tertiary/aromatic N) is 4. The van der Waals surface area contributed by atoms with E-state index in [1.54, 1.807) is 12.3 Å². The fourth-order valence-electron chi connectivity index (χ4n) is 3.56. The van der Waals surface area contributed by atoms with E-state index < -0.39 is 0 Å². The van der Waals surface area contributed by atoms with Gasteiger partial charge in [0.1, 0.15) is 6.26 Å². The van der Waals surface area contributed by atoms with E-state index in [1.165, 1.54) is 6.26 Å². The number of aryl methyl sites for hydroxylation is 1. The molecule has 3 rings (SSSR count). The number of carbonyl (C=O) groups excluding carboxylic acids is 1. The Morgan fingerprint density at radius 1 is 1.50 bits per heavy atom. The van der Waals surface area contributed by atoms with Gasteiger partial charge < -0.3 is 9.32 Å². The molecule has 0 N–H and O–H groups in total. The van der Waals surface area contributed by atoms with Gasteiger partial charge in [-0.2, -0.15) is 5.10 Å². The highest BCUT2D eigenvalue weighted by molar-refractivity contribution is 5.94. The minimum atomic E-state index is 0.0531. The first-order valence-electron chi connectivity index (χ1n) is 8.50. The van der Waals surface area contributed by atoms with Crippen molar-refractivity contribution in [2.24, 2.45) is 7.05 Å². The molecule has 24 heavy (non-hydrogen) atoms. The molecule has 2 atom stereocenters. The standard InChI is InChI=1S/C18H26N4O2/c1-13(2)21(4)16-5-7-22(18(23)15-6-8-24-12-15)17(16)9-14-10-19-20(3)11-14/h6,8,10-13,16-17H,5,7,9H2,1-4H3/t16-,17+/m1/s1. The van der Waals surface area contributed by atoms with Crippen LogP contribution >= 0.6 is 0 Å². The van der Waals surface area contributed by atoms with E-state index in [0.717, 1.165) is 24.9 Å². The van der Waals surface area contributed by atoms with Crippen LogP contribution in [-0.4, -0.2) is 57.2 Å². The van der Waals surface area contributed by atoms with Crippen LogP contribution in [0.5, 0.6) is 0 Å². The first-order chi connectivity index (χ1) is 11.5. The summed E-state index contributed by atoms with van der Waals surface area (Å²) in [6.07, 6.45) is 8.82. The zero-order valence-electron chi connectivity index (χ0n) is 14.8. The second-order valence-corrected chi connectivity index (χ2v) is 6.92. The van der Waals surface area contributed by atoms with E-state index >= 15 is 0 Å². The van der Waals surface area contributed by atoms with E-state index in [1.807, 2.05) is 29.0 Å². The fraction of sp³-hybridized carbons (Fsp3) is 0.556. The number of likely N-dealkylation sites (tertiary alicyclic amines) is 1. The summed E-state index contributed by atoms with van der Waals surface area (Å²) in [6, 6.07) is 2.67. The third kappa shape index (κ3) is 3.24. The van der Waals surface area contributed by atoms with Crippen LogP contribution in [0, 0.1) is 0 Å². The maximum Gasteiger partial charge on any atom is 0.257 e. The van der Waals surface area contributed by atoms with Gasteiger partial charge in [0.05, 0.1) is 24.1 Å². The number of hydrogen-bond acceptors (Lipinski definition) is 4. The number of rotatable bonds is 5. The fourth-order valence-corrected chi connectivity index (χ4v) is 3.56. The SMILES string of the molecule is CC(C)N(C)[C@@H]1CCN(C(=O)c2ccoc2)[C@H]1Cc1cnn(C)c1. The molecule has 2 aromatic heterocycles. The molecule has 0 radical (unpaired) electrons. The Bertz CT molecular complexity index is 677. The number of amides is 1. The van der Waals surface area contributed by atoms with Crippen LogP contribution in [0.2, 0.25) is 0 Å². The number of aromatic nitrogens is 2. The first kappa shape index (κ1) is 16.8. The monoisotopic (exact) mass is 330 g/mol. The van der Waals surface area contributed by atoms with E-state index in [9.17, 15) is 4.79 Å². The predicted molar refractivity (Wildman–Crippen MR) is 91.7 cm³/mol. The lowest BCUT2D eigenvalue weighted by atomic mass is 9.99. The molecule has 1 amide bonds. The average molecular weight is 330 g/mol. The van der Waals surface area contributed by atoms with E-state index in [-0.39, 0.29) is 11.9 Å². The molecule has 0 bridgehead atoms. The third-order valence-corrected chi connectivity index (χ3v) is 5.08. The number of hydrogen-bond donors (Lipinski definition) is 0. The van der Waals surface area contributed by atoms with Gasteiger partial charge in [-0.1, -0.05) is 0 Å². The summed E-state index contributed by atoms with van der Waals surface area (Å²) in [6.45, 7) is 5.17. The quantitative estimate of drug-likeness (QED) is 0.843. The molecule has 6 heteroatoms. The van der Waals surface area contributed by atoms with Gasteiger partial charge in [0, 0.05) is 31.9 Å². The molecule has 0 spiro atoms. The molecule has 130 valence electrons. The van der Waals surface area contributed by atoms with Crippen LogP contribution in [0.3, 0.4) is 0 Å². The summed E-state index contributed by atoms with van der Waals surface area (Å²) in [4.78, 5) is 17.3. The lowest BCUT2D eigenvalue weighted by Gasteiger charge is -2.35. The molecule has 0 saturated carbocycles. The summed E-state index contributed by atoms with van der Waals surface area (Å²) >= 11 is 0. The molecule has 3 heterocycles. The van der Waals surface area contributed by atoms with Crippen molar-refractivity contribution >= 4 is 5.91 Å². The van der Waals surface area contributed by atoms with Gasteiger partial charge in [-0.3, -0.25) is 14.4 Å². The van der Waals surface area contributed by atoms with Gasteiger partial charge in [-0.25, -0.2) is 0 Å². The summed E-state index contributed by atoms with van der Waals surface area (Å²) in [5.74, 6) is 0.0531. The van der Waals surface area contributed by atoms with Crippen molar-refractivity contribution in [2.45, 2.75) is 44.8 Å². The van der Waals surface area contributed by atoms with Crippen molar-refractivity contribution in [3.8, 4) is 0 Å². The molecule has 2 aromatic rings. The maximum atomic E-state index is 12.9. The van der Waals surface area contributed by atoms with Gasteiger partial charge >= 0.3 is 0 Å². The summed E-state index contributed by atoms with van der Waals surface area (Å²) in [7, 11) is 4.07. The van der Waals surface area contributed by atoms with Gasteiger partial charge in [0.15, 0.2) is 0 Å². The smallest absolute Gasteiger partial charge is 0.257 e. The van der Waals surface area contributed by atoms with Crippen LogP contribution in [0.4, 0.5) is 0 Å². The van der Waals surface area contributed by atoms with E-state index in [2.05, 4.69) is 30.9 Å². The molecule has 1 saturated heterocycles. The predicted octanol–water partition coefficient (Wildman–Crippen LogP) is 2.18. The molecule has 0 unspecified atom stereocenters. The largest absolute Gasteiger partial charge is 0.472 e. The van der Waals surface area contributed by atoms with E-state index in [0.29, 0.717) is 17.6 Å². The first-order valence-corrected chi connectivity index (χ1v) is 8.50. The van der Waals surface area contributed by atoms with Gasteiger partial charge in [0.25, 0.3) is 5.91 Å². The van der Waals surface area contributed by atoms with Gasteiger partial charge in [-0.05, 0) is 45.4 Å². The molecule has 1 fully saturated rings. The Morgan fingerprint density at radius 3 is 2.88 bits per heavy atom. The highest BCUT2D eigenvalue weighted by Gasteiger charge is 2.40. The van der Waals surface area contributed by atoms with Crippen molar-refractivity contribution in [1.29, 1.82) is 0 Å². The molecule has 1 aliphatic heterocycles. The van der Waals surface area contributed by atoms with Crippen molar-refractivity contribution < 1.29 is 9.21 Å². The maximum absolute atomic E-state index is 12.9. The summed E-state index contributed by atoms with van der Waals surface area (Å²) in [5, 5.41) is 4.27. The van der Waals surface area contributed by atoms with Crippen LogP contribution < -0.4 is 0 Å². The van der Waals surface area contributed by atoms with Crippen LogP contribution in [0.15, 0.2) is 35.4 Å². The van der Waals surface area contributed by atoms with Crippen LogP contribution in [-0.2, 0) is 13.5 Å². The highest BCUT2D eigenvalue weighted by Crippen LogP contribution is 2.28. The Balaban J connectivity index is 1.85. The third-order valence-electron chi connectivity index (χ3n) is 5.08. The van der Waals surface area contributed by atoms with E-state index in [4.69, 9.17) is 4.42 Å². The van der Waals surface area contributed by atoms with Gasteiger partial charge in [-0.15, -0.1) is 0 Å². The number of furan rings is 1. The molecular formula is C18H26N4O2. The molecule has 0 aromatic carbocycles. The van der Waals surface area contributed by atoms with Crippen molar-refractivity contribution in [3.63, 3.8) is 0 Å². The van der Waals surface area contributed by atoms with Crippen molar-refractivity contribution in [2.75, 3.05) is 13.6 Å². The minimum absolute atomic E-state index is 0.0531. The molecule has 6 nitrogen and oxygen atoms in total. The normalized spacial score (nSPS) is 21.2. The Kier molecular flexibility index (Phi) is 4.76. The van der Waals surface area contributed by atoms with Crippen molar-refractivity contribution in [1.82, 2.24) is 19.6 Å². The van der Waals surface area contributed by atoms with Crippen LogP contribution in [0.25, 0.3) is 0 Å². The average Bonchev–Trinajstić information content (AvgIpc) is 3.27. The second-order valence-electron chi connectivity index (χ2n) is 6.92. The Labute approximate surface area is 143 Å². The molecular weight excluding hydrogens is 304 g/mol. The highest BCUT2D eigenvalue weighted by atomic mass is 16.3. The van der Waals surface area contributed by atoms with Crippen molar-refractivity contribution in [3.05, 3.63) is 42.1 Å². The topological polar surface area (TPSA) is 54.5 Å². The lowest BCUT2D eigenvalue weighted by molar-refractivity contribution is 0.0679. The molecule has 0 aliphatic carbocycles. The minimum Gasteiger partial charge on any atom is -0.472 e. The van der Waals surface area contributed by atoms with Crippen LogP contribution in [0.1, 0.15) is 36.2 Å². The van der Waals surface area contributed by atoms with Gasteiger partial charge in [0.2, 0.25) is 0 Å². The number of carbonyl (C=O) groups is 1. The Hall–Kier alpha value is -2.08. The Morgan fingerprint density at radius 2 is 2.29 bits per heavy atom. The second kappa shape index (κ2) is 6.81.